The van der Waals surface area contributed by atoms with E-state index in [2.05, 4.69) is 28.6 Å². The minimum Gasteiger partial charge on any atom is -0.390 e. The second-order valence-corrected chi connectivity index (χ2v) is 8.03. The maximum Gasteiger partial charge on any atom is 0.0647 e. The summed E-state index contributed by atoms with van der Waals surface area (Å²) in [5.74, 6) is 0. The van der Waals surface area contributed by atoms with Crippen molar-refractivity contribution in [2.45, 2.75) is 32.8 Å². The Hall–Kier alpha value is -1.68. The molecule has 1 N–H and O–H groups in total. The first-order valence-corrected chi connectivity index (χ1v) is 9.10. The van der Waals surface area contributed by atoms with Crippen LogP contribution in [0, 0.1) is 6.92 Å². The van der Waals surface area contributed by atoms with E-state index in [4.69, 9.17) is 11.6 Å². The highest BCUT2D eigenvalue weighted by Crippen LogP contribution is 2.36. The van der Waals surface area contributed by atoms with E-state index in [9.17, 15) is 5.11 Å². The van der Waals surface area contributed by atoms with E-state index in [1.165, 1.54) is 0 Å². The number of nitrogens with zero attached hydrogens (tertiary/aromatic N) is 1. The summed E-state index contributed by atoms with van der Waals surface area (Å²) in [4.78, 5) is 5.51. The lowest BCUT2D eigenvalue weighted by Crippen LogP contribution is -2.22. The van der Waals surface area contributed by atoms with Gasteiger partial charge in [0, 0.05) is 33.8 Å². The van der Waals surface area contributed by atoms with Gasteiger partial charge in [-0.2, -0.15) is 0 Å². The number of hydrogen-bond acceptors (Lipinski definition) is 3. The van der Waals surface area contributed by atoms with Crippen LogP contribution >= 0.6 is 22.9 Å². The summed E-state index contributed by atoms with van der Waals surface area (Å²) in [5, 5.41) is 12.9. The summed E-state index contributed by atoms with van der Waals surface area (Å²) in [6.45, 7) is 5.63. The zero-order valence-electron chi connectivity index (χ0n) is 14.0. The molecule has 3 aromatic rings. The van der Waals surface area contributed by atoms with Crippen LogP contribution in [0.1, 0.15) is 25.1 Å². The average molecular weight is 358 g/mol. The molecule has 0 fully saturated rings. The fourth-order valence-electron chi connectivity index (χ4n) is 2.65. The summed E-state index contributed by atoms with van der Waals surface area (Å²) in [5.41, 5.74) is 4.60. The molecule has 0 bridgehead atoms. The van der Waals surface area contributed by atoms with Crippen LogP contribution in [-0.2, 0) is 6.42 Å². The lowest BCUT2D eigenvalue weighted by molar-refractivity contribution is 0.0800. The second-order valence-electron chi connectivity index (χ2n) is 6.71. The van der Waals surface area contributed by atoms with E-state index in [1.54, 1.807) is 31.4 Å². The van der Waals surface area contributed by atoms with Gasteiger partial charge in [0.25, 0.3) is 0 Å². The van der Waals surface area contributed by atoms with Gasteiger partial charge < -0.3 is 5.11 Å². The molecule has 0 spiro atoms. The maximum absolute atomic E-state index is 9.99. The summed E-state index contributed by atoms with van der Waals surface area (Å²) in [6, 6.07) is 12.3. The first-order valence-electron chi connectivity index (χ1n) is 7.84. The predicted molar refractivity (Wildman–Crippen MR) is 103 cm³/mol. The maximum atomic E-state index is 9.99. The Labute approximate surface area is 151 Å². The van der Waals surface area contributed by atoms with Gasteiger partial charge in [-0.25, -0.2) is 0 Å². The van der Waals surface area contributed by atoms with Crippen molar-refractivity contribution in [1.82, 2.24) is 4.98 Å². The fraction of sp³-hybridized carbons (Fsp3) is 0.250. The number of rotatable bonds is 4. The van der Waals surface area contributed by atoms with Crippen molar-refractivity contribution in [1.29, 1.82) is 0 Å². The van der Waals surface area contributed by atoms with Crippen LogP contribution in [0.15, 0.2) is 48.0 Å². The number of aromatic nitrogens is 1. The third-order valence-electron chi connectivity index (χ3n) is 3.75. The second kappa shape index (κ2) is 6.67. The number of aryl methyl sites for hydroxylation is 1. The Kier molecular flexibility index (Phi) is 4.77. The molecule has 2 nitrogen and oxygen atoms in total. The van der Waals surface area contributed by atoms with Gasteiger partial charge in [-0.15, -0.1) is 11.3 Å². The first kappa shape index (κ1) is 17.2. The Morgan fingerprint density at radius 2 is 1.92 bits per heavy atom. The molecule has 0 amide bonds. The van der Waals surface area contributed by atoms with Crippen molar-refractivity contribution in [3.63, 3.8) is 0 Å². The Bertz CT molecular complexity index is 864. The van der Waals surface area contributed by atoms with E-state index in [1.807, 2.05) is 25.1 Å². The van der Waals surface area contributed by atoms with E-state index >= 15 is 0 Å². The van der Waals surface area contributed by atoms with E-state index in [0.29, 0.717) is 6.42 Å². The third-order valence-corrected chi connectivity index (χ3v) is 5.03. The molecule has 2 heterocycles. The van der Waals surface area contributed by atoms with Gasteiger partial charge in [0.1, 0.15) is 0 Å². The van der Waals surface area contributed by atoms with Crippen molar-refractivity contribution in [2.24, 2.45) is 0 Å². The minimum atomic E-state index is -0.763. The molecule has 124 valence electrons. The minimum absolute atomic E-state index is 0.529. The van der Waals surface area contributed by atoms with Crippen molar-refractivity contribution >= 4 is 22.9 Å². The van der Waals surface area contributed by atoms with E-state index in [0.717, 1.165) is 37.8 Å². The number of thiophene rings is 1. The summed E-state index contributed by atoms with van der Waals surface area (Å²) >= 11 is 8.07. The van der Waals surface area contributed by atoms with Crippen molar-refractivity contribution in [3.8, 4) is 21.6 Å². The fourth-order valence-corrected chi connectivity index (χ4v) is 4.00. The number of pyridine rings is 1. The van der Waals surface area contributed by atoms with Crippen molar-refractivity contribution < 1.29 is 5.11 Å². The van der Waals surface area contributed by atoms with Crippen LogP contribution in [0.3, 0.4) is 0 Å². The number of benzene rings is 1. The normalized spacial score (nSPS) is 11.7. The Balaban J connectivity index is 1.92. The molecule has 0 radical (unpaired) electrons. The molecule has 0 aliphatic heterocycles. The molecule has 0 atom stereocenters. The molecule has 0 unspecified atom stereocenters. The van der Waals surface area contributed by atoms with Crippen LogP contribution < -0.4 is 0 Å². The highest BCUT2D eigenvalue weighted by Gasteiger charge is 2.15. The monoisotopic (exact) mass is 357 g/mol. The van der Waals surface area contributed by atoms with Crippen LogP contribution in [0.25, 0.3) is 21.6 Å². The van der Waals surface area contributed by atoms with Crippen LogP contribution in [0.5, 0.6) is 0 Å². The summed E-state index contributed by atoms with van der Waals surface area (Å²) in [7, 11) is 0. The molecule has 1 aromatic carbocycles. The predicted octanol–water partition coefficient (Wildman–Crippen LogP) is 5.75. The smallest absolute Gasteiger partial charge is 0.0647 e. The third kappa shape index (κ3) is 4.04. The number of halogens is 1. The van der Waals surface area contributed by atoms with Gasteiger partial charge in [-0.1, -0.05) is 23.7 Å². The topological polar surface area (TPSA) is 33.1 Å². The van der Waals surface area contributed by atoms with E-state index in [-0.39, 0.29) is 0 Å². The van der Waals surface area contributed by atoms with Crippen molar-refractivity contribution in [3.05, 3.63) is 64.3 Å². The average Bonchev–Trinajstić information content (AvgIpc) is 2.95. The SMILES string of the molecule is Cc1ccc(-c2cc(-c3ccnc(CC(C)(C)O)c3)cs2)c(Cl)c1. The lowest BCUT2D eigenvalue weighted by Gasteiger charge is -2.16. The summed E-state index contributed by atoms with van der Waals surface area (Å²) in [6.07, 6.45) is 2.33. The molecule has 0 saturated heterocycles. The van der Waals surface area contributed by atoms with Crippen LogP contribution in [0.4, 0.5) is 0 Å². The Morgan fingerprint density at radius 1 is 1.12 bits per heavy atom. The molecular weight excluding hydrogens is 338 g/mol. The van der Waals surface area contributed by atoms with Crippen molar-refractivity contribution in [2.75, 3.05) is 0 Å². The molecule has 0 aliphatic rings. The highest BCUT2D eigenvalue weighted by atomic mass is 35.5. The van der Waals surface area contributed by atoms with Crippen LogP contribution in [-0.4, -0.2) is 15.7 Å². The molecule has 4 heteroatoms. The highest BCUT2D eigenvalue weighted by molar-refractivity contribution is 7.14. The summed E-state index contributed by atoms with van der Waals surface area (Å²) < 4.78 is 0. The number of aliphatic hydroxyl groups is 1. The molecular formula is C20H20ClNOS. The van der Waals surface area contributed by atoms with Gasteiger partial charge in [0.05, 0.1) is 5.60 Å². The molecule has 0 aliphatic carbocycles. The number of hydrogen-bond donors (Lipinski definition) is 1. The quantitative estimate of drug-likeness (QED) is 0.644. The Morgan fingerprint density at radius 3 is 2.62 bits per heavy atom. The van der Waals surface area contributed by atoms with Gasteiger partial charge in [0.2, 0.25) is 0 Å². The zero-order chi connectivity index (χ0) is 17.3. The molecule has 24 heavy (non-hydrogen) atoms. The van der Waals surface area contributed by atoms with E-state index < -0.39 is 5.60 Å². The van der Waals surface area contributed by atoms with Crippen LogP contribution in [0.2, 0.25) is 5.02 Å². The van der Waals surface area contributed by atoms with Gasteiger partial charge in [0.15, 0.2) is 0 Å². The van der Waals surface area contributed by atoms with Gasteiger partial charge in [-0.05, 0) is 67.1 Å². The molecule has 3 rings (SSSR count). The van der Waals surface area contributed by atoms with Gasteiger partial charge >= 0.3 is 0 Å². The lowest BCUT2D eigenvalue weighted by atomic mass is 10.00. The molecule has 0 saturated carbocycles. The standard InChI is InChI=1S/C20H20ClNOS/c1-13-4-5-17(18(21)8-13)19-10-15(12-24-19)14-6-7-22-16(9-14)11-20(2,3)23/h4-10,12,23H,11H2,1-3H3. The molecule has 2 aromatic heterocycles. The zero-order valence-corrected chi connectivity index (χ0v) is 15.6. The van der Waals surface area contributed by atoms with Gasteiger partial charge in [-0.3, -0.25) is 4.98 Å². The largest absolute Gasteiger partial charge is 0.390 e. The first-order chi connectivity index (χ1) is 11.3.